The van der Waals surface area contributed by atoms with Crippen LogP contribution in [0.2, 0.25) is 0 Å². The van der Waals surface area contributed by atoms with E-state index < -0.39 is 5.91 Å². The van der Waals surface area contributed by atoms with Crippen LogP contribution in [0, 0.1) is 6.92 Å². The van der Waals surface area contributed by atoms with Crippen molar-refractivity contribution in [3.05, 3.63) is 29.6 Å². The Bertz CT molecular complexity index is 273. The SMILES string of the molecule is Cc1ccnc(C(=O)NO)c1. The number of amides is 1. The first-order valence-electron chi connectivity index (χ1n) is 3.11. The molecule has 0 spiro atoms. The molecule has 0 aliphatic heterocycles. The second-order valence-corrected chi connectivity index (χ2v) is 2.16. The molecule has 1 aromatic heterocycles. The molecule has 0 saturated carbocycles. The Morgan fingerprint density at radius 3 is 3.00 bits per heavy atom. The molecule has 0 aromatic carbocycles. The third-order valence-electron chi connectivity index (χ3n) is 1.25. The summed E-state index contributed by atoms with van der Waals surface area (Å²) in [5.74, 6) is -0.589. The van der Waals surface area contributed by atoms with Crippen molar-refractivity contribution in [1.29, 1.82) is 0 Å². The summed E-state index contributed by atoms with van der Waals surface area (Å²) in [6.45, 7) is 1.84. The van der Waals surface area contributed by atoms with E-state index in [0.717, 1.165) is 5.56 Å². The molecule has 0 saturated heterocycles. The molecule has 4 nitrogen and oxygen atoms in total. The highest BCUT2D eigenvalue weighted by Gasteiger charge is 2.03. The fraction of sp³-hybridized carbons (Fsp3) is 0.143. The Morgan fingerprint density at radius 1 is 1.73 bits per heavy atom. The molecule has 0 bridgehead atoms. The van der Waals surface area contributed by atoms with Crippen LogP contribution in [0.5, 0.6) is 0 Å². The molecule has 0 radical (unpaired) electrons. The van der Waals surface area contributed by atoms with Crippen LogP contribution in [0.15, 0.2) is 18.3 Å². The molecule has 58 valence electrons. The zero-order valence-corrected chi connectivity index (χ0v) is 6.03. The van der Waals surface area contributed by atoms with Gasteiger partial charge in [-0.15, -0.1) is 0 Å². The number of hydrogen-bond donors (Lipinski definition) is 2. The van der Waals surface area contributed by atoms with E-state index in [4.69, 9.17) is 5.21 Å². The minimum absolute atomic E-state index is 0.215. The summed E-state index contributed by atoms with van der Waals surface area (Å²) >= 11 is 0. The number of carbonyl (C=O) groups excluding carboxylic acids is 1. The molecule has 1 heterocycles. The summed E-state index contributed by atoms with van der Waals surface area (Å²) in [6.07, 6.45) is 1.51. The van der Waals surface area contributed by atoms with Crippen LogP contribution >= 0.6 is 0 Å². The number of hydrogen-bond acceptors (Lipinski definition) is 3. The average Bonchev–Trinajstić information content (AvgIpc) is 2.03. The molecule has 11 heavy (non-hydrogen) atoms. The van der Waals surface area contributed by atoms with E-state index in [1.54, 1.807) is 12.1 Å². The molecule has 1 aromatic rings. The minimum atomic E-state index is -0.589. The second-order valence-electron chi connectivity index (χ2n) is 2.16. The van der Waals surface area contributed by atoms with Crippen molar-refractivity contribution in [2.24, 2.45) is 0 Å². The third-order valence-corrected chi connectivity index (χ3v) is 1.25. The maximum Gasteiger partial charge on any atom is 0.293 e. The zero-order valence-electron chi connectivity index (χ0n) is 6.03. The van der Waals surface area contributed by atoms with E-state index in [1.807, 2.05) is 6.92 Å². The minimum Gasteiger partial charge on any atom is -0.288 e. The van der Waals surface area contributed by atoms with Gasteiger partial charge in [0.05, 0.1) is 0 Å². The van der Waals surface area contributed by atoms with E-state index in [1.165, 1.54) is 11.7 Å². The molecule has 1 amide bonds. The molecule has 0 unspecified atom stereocenters. The molecule has 4 heteroatoms. The van der Waals surface area contributed by atoms with Crippen molar-refractivity contribution in [2.45, 2.75) is 6.92 Å². The maximum absolute atomic E-state index is 10.7. The number of aryl methyl sites for hydroxylation is 1. The van der Waals surface area contributed by atoms with E-state index in [0.29, 0.717) is 0 Å². The van der Waals surface area contributed by atoms with E-state index in [-0.39, 0.29) is 5.69 Å². The Balaban J connectivity index is 2.96. The third kappa shape index (κ3) is 1.75. The number of carbonyl (C=O) groups is 1. The van der Waals surface area contributed by atoms with Gasteiger partial charge in [-0.2, -0.15) is 0 Å². The Hall–Kier alpha value is -1.42. The summed E-state index contributed by atoms with van der Waals surface area (Å²) in [5, 5.41) is 8.24. The van der Waals surface area contributed by atoms with Gasteiger partial charge in [0.2, 0.25) is 0 Å². The molecule has 1 rings (SSSR count). The van der Waals surface area contributed by atoms with Crippen LogP contribution in [-0.4, -0.2) is 16.1 Å². The quantitative estimate of drug-likeness (QED) is 0.455. The van der Waals surface area contributed by atoms with E-state index >= 15 is 0 Å². The highest BCUT2D eigenvalue weighted by molar-refractivity contribution is 5.91. The van der Waals surface area contributed by atoms with Crippen LogP contribution in [0.3, 0.4) is 0 Å². The lowest BCUT2D eigenvalue weighted by atomic mass is 10.2. The highest BCUT2D eigenvalue weighted by atomic mass is 16.5. The summed E-state index contributed by atoms with van der Waals surface area (Å²) in [5.41, 5.74) is 2.65. The first kappa shape index (κ1) is 7.68. The van der Waals surface area contributed by atoms with Gasteiger partial charge in [-0.1, -0.05) is 0 Å². The number of nitrogens with zero attached hydrogens (tertiary/aromatic N) is 1. The fourth-order valence-corrected chi connectivity index (χ4v) is 0.718. The van der Waals surface area contributed by atoms with Gasteiger partial charge in [0, 0.05) is 6.20 Å². The number of aromatic nitrogens is 1. The molecule has 0 aliphatic rings. The van der Waals surface area contributed by atoms with Gasteiger partial charge in [-0.05, 0) is 24.6 Å². The molecule has 0 atom stereocenters. The summed E-state index contributed by atoms with van der Waals surface area (Å²) < 4.78 is 0. The predicted molar refractivity (Wildman–Crippen MR) is 38.2 cm³/mol. The smallest absolute Gasteiger partial charge is 0.288 e. The Kier molecular flexibility index (Phi) is 2.18. The van der Waals surface area contributed by atoms with E-state index in [2.05, 4.69) is 4.98 Å². The van der Waals surface area contributed by atoms with Crippen molar-refractivity contribution in [1.82, 2.24) is 10.5 Å². The van der Waals surface area contributed by atoms with Crippen molar-refractivity contribution in [2.75, 3.05) is 0 Å². The van der Waals surface area contributed by atoms with E-state index in [9.17, 15) is 4.79 Å². The van der Waals surface area contributed by atoms with Gasteiger partial charge < -0.3 is 0 Å². The van der Waals surface area contributed by atoms with Crippen molar-refractivity contribution in [3.63, 3.8) is 0 Å². The lowest BCUT2D eigenvalue weighted by Gasteiger charge is -1.97. The van der Waals surface area contributed by atoms with Gasteiger partial charge in [0.15, 0.2) is 0 Å². The van der Waals surface area contributed by atoms with Crippen molar-refractivity contribution in [3.8, 4) is 0 Å². The topological polar surface area (TPSA) is 62.2 Å². The number of rotatable bonds is 1. The second kappa shape index (κ2) is 3.12. The molecule has 2 N–H and O–H groups in total. The van der Waals surface area contributed by atoms with Gasteiger partial charge in [-0.3, -0.25) is 15.0 Å². The summed E-state index contributed by atoms with van der Waals surface area (Å²) in [6, 6.07) is 3.36. The molecular weight excluding hydrogens is 144 g/mol. The first-order chi connectivity index (χ1) is 5.24. The zero-order chi connectivity index (χ0) is 8.27. The molecular formula is C7H8N2O2. The lowest BCUT2D eigenvalue weighted by molar-refractivity contribution is 0.0700. The Morgan fingerprint density at radius 2 is 2.45 bits per heavy atom. The van der Waals surface area contributed by atoms with Crippen molar-refractivity contribution < 1.29 is 10.0 Å². The Labute approximate surface area is 63.8 Å². The van der Waals surface area contributed by atoms with Crippen molar-refractivity contribution >= 4 is 5.91 Å². The molecule has 0 aliphatic carbocycles. The summed E-state index contributed by atoms with van der Waals surface area (Å²) in [7, 11) is 0. The monoisotopic (exact) mass is 152 g/mol. The maximum atomic E-state index is 10.7. The van der Waals surface area contributed by atoms with Crippen LogP contribution in [0.25, 0.3) is 0 Å². The first-order valence-corrected chi connectivity index (χ1v) is 3.11. The molecule has 0 fully saturated rings. The van der Waals surface area contributed by atoms with Gasteiger partial charge in [-0.25, -0.2) is 5.48 Å². The van der Waals surface area contributed by atoms with Crippen LogP contribution in [-0.2, 0) is 0 Å². The predicted octanol–water partition coefficient (Wildman–Crippen LogP) is 0.509. The standard InChI is InChI=1S/C7H8N2O2/c1-5-2-3-8-6(4-5)7(10)9-11/h2-4,11H,1H3,(H,9,10). The number of nitrogens with one attached hydrogen (secondary N) is 1. The van der Waals surface area contributed by atoms with Gasteiger partial charge >= 0.3 is 0 Å². The normalized spacial score (nSPS) is 9.27. The highest BCUT2D eigenvalue weighted by Crippen LogP contribution is 1.98. The van der Waals surface area contributed by atoms with Crippen LogP contribution < -0.4 is 5.48 Å². The summed E-state index contributed by atoms with van der Waals surface area (Å²) in [4.78, 5) is 14.5. The van der Waals surface area contributed by atoms with Crippen LogP contribution in [0.1, 0.15) is 16.1 Å². The van der Waals surface area contributed by atoms with Gasteiger partial charge in [0.1, 0.15) is 5.69 Å². The largest absolute Gasteiger partial charge is 0.293 e. The number of pyridine rings is 1. The number of hydroxylamine groups is 1. The van der Waals surface area contributed by atoms with Gasteiger partial charge in [0.25, 0.3) is 5.91 Å². The van der Waals surface area contributed by atoms with Crippen LogP contribution in [0.4, 0.5) is 0 Å². The fourth-order valence-electron chi connectivity index (χ4n) is 0.718. The lowest BCUT2D eigenvalue weighted by Crippen LogP contribution is -2.19. The average molecular weight is 152 g/mol.